The van der Waals surface area contributed by atoms with Crippen LogP contribution in [0, 0.1) is 11.2 Å². The fourth-order valence-electron chi connectivity index (χ4n) is 5.68. The summed E-state index contributed by atoms with van der Waals surface area (Å²) in [6.45, 7) is 7.37. The molecule has 1 saturated carbocycles. The van der Waals surface area contributed by atoms with Gasteiger partial charge in [-0.05, 0) is 26.2 Å². The molecular weight excluding hydrogens is 437 g/mol. The molecule has 2 aromatic heterocycles. The van der Waals surface area contributed by atoms with Crippen LogP contribution >= 0.6 is 0 Å². The third-order valence-electron chi connectivity index (χ3n) is 7.41. The van der Waals surface area contributed by atoms with Gasteiger partial charge in [-0.25, -0.2) is 19.2 Å². The van der Waals surface area contributed by atoms with Gasteiger partial charge >= 0.3 is 6.09 Å². The number of amides is 1. The van der Waals surface area contributed by atoms with Crippen molar-refractivity contribution in [1.29, 1.82) is 0 Å². The van der Waals surface area contributed by atoms with Crippen LogP contribution in [0.15, 0.2) is 24.7 Å². The van der Waals surface area contributed by atoms with Gasteiger partial charge in [0.25, 0.3) is 0 Å². The molecule has 3 fully saturated rings. The molecule has 5 rings (SSSR count). The third kappa shape index (κ3) is 4.38. The summed E-state index contributed by atoms with van der Waals surface area (Å²) in [4.78, 5) is 31.5. The molecule has 34 heavy (non-hydrogen) atoms. The Hall–Kier alpha value is -3.01. The van der Waals surface area contributed by atoms with Crippen LogP contribution in [0.4, 0.5) is 20.8 Å². The Bertz CT molecular complexity index is 1020. The average molecular weight is 470 g/mol. The van der Waals surface area contributed by atoms with Crippen molar-refractivity contribution in [3.63, 3.8) is 0 Å². The van der Waals surface area contributed by atoms with Gasteiger partial charge in [0.05, 0.1) is 24.2 Å². The molecule has 2 aromatic rings. The summed E-state index contributed by atoms with van der Waals surface area (Å²) in [6, 6.07) is 2.10. The molecule has 4 heterocycles. The quantitative estimate of drug-likeness (QED) is 0.716. The number of pyridine rings is 1. The molecule has 2 aliphatic heterocycles. The maximum Gasteiger partial charge on any atom is 0.409 e. The normalized spacial score (nSPS) is 22.0. The molecule has 1 atom stereocenters. The molecule has 9 nitrogen and oxygen atoms in total. The summed E-state index contributed by atoms with van der Waals surface area (Å²) in [7, 11) is 1.77. The lowest BCUT2D eigenvalue weighted by Crippen LogP contribution is -2.58. The molecule has 10 heteroatoms. The van der Waals surface area contributed by atoms with Crippen molar-refractivity contribution < 1.29 is 13.9 Å². The minimum Gasteiger partial charge on any atom is -0.450 e. The number of anilines is 2. The first kappa shape index (κ1) is 22.8. The van der Waals surface area contributed by atoms with E-state index in [9.17, 15) is 9.18 Å². The maximum atomic E-state index is 14.1. The Morgan fingerprint density at radius 1 is 1.18 bits per heavy atom. The minimum absolute atomic E-state index is 0.185. The summed E-state index contributed by atoms with van der Waals surface area (Å²) in [5.74, 6) is 0.190. The van der Waals surface area contributed by atoms with Crippen molar-refractivity contribution >= 4 is 17.7 Å². The van der Waals surface area contributed by atoms with E-state index in [2.05, 4.69) is 30.1 Å². The first-order valence-corrected chi connectivity index (χ1v) is 12.1. The lowest BCUT2D eigenvalue weighted by molar-refractivity contribution is -0.00294. The van der Waals surface area contributed by atoms with Crippen LogP contribution in [0.5, 0.6) is 0 Å². The van der Waals surface area contributed by atoms with E-state index >= 15 is 0 Å². The van der Waals surface area contributed by atoms with E-state index in [1.807, 2.05) is 11.8 Å². The SMILES string of the molecule is CCOC(=O)N1CC2(CC[C@@H](N3CCN(c4cc(F)cnc4-c4cnc(NC)nc4)CC3)C2)C1. The monoisotopic (exact) mass is 469 g/mol. The number of rotatable bonds is 5. The molecule has 0 unspecified atom stereocenters. The summed E-state index contributed by atoms with van der Waals surface area (Å²) in [5.41, 5.74) is 2.51. The smallest absolute Gasteiger partial charge is 0.409 e. The Morgan fingerprint density at radius 3 is 2.59 bits per heavy atom. The van der Waals surface area contributed by atoms with E-state index in [-0.39, 0.29) is 17.3 Å². The zero-order chi connectivity index (χ0) is 23.7. The summed E-state index contributed by atoms with van der Waals surface area (Å²) in [6.07, 6.45) is 7.95. The van der Waals surface area contributed by atoms with Crippen LogP contribution in [0.3, 0.4) is 0 Å². The predicted octanol–water partition coefficient (Wildman–Crippen LogP) is 2.85. The molecule has 2 saturated heterocycles. The Labute approximate surface area is 199 Å². The summed E-state index contributed by atoms with van der Waals surface area (Å²) < 4.78 is 19.3. The number of piperazine rings is 1. The highest BCUT2D eigenvalue weighted by Gasteiger charge is 2.51. The van der Waals surface area contributed by atoms with Gasteiger partial charge in [0.2, 0.25) is 5.95 Å². The topological polar surface area (TPSA) is 86.7 Å². The predicted molar refractivity (Wildman–Crippen MR) is 127 cm³/mol. The lowest BCUT2D eigenvalue weighted by atomic mass is 9.78. The van der Waals surface area contributed by atoms with Gasteiger partial charge in [0.15, 0.2) is 0 Å². The van der Waals surface area contributed by atoms with Gasteiger partial charge in [-0.15, -0.1) is 0 Å². The molecule has 0 radical (unpaired) electrons. The van der Waals surface area contributed by atoms with Crippen LogP contribution in [0.2, 0.25) is 0 Å². The van der Waals surface area contributed by atoms with E-state index in [4.69, 9.17) is 4.74 Å². The second-order valence-electron chi connectivity index (χ2n) is 9.54. The second-order valence-corrected chi connectivity index (χ2v) is 9.54. The number of likely N-dealkylation sites (tertiary alicyclic amines) is 1. The van der Waals surface area contributed by atoms with Crippen LogP contribution in [0.25, 0.3) is 11.3 Å². The molecule has 0 aromatic carbocycles. The first-order valence-electron chi connectivity index (χ1n) is 12.1. The zero-order valence-corrected chi connectivity index (χ0v) is 19.8. The van der Waals surface area contributed by atoms with E-state index in [1.165, 1.54) is 12.6 Å². The molecule has 0 bridgehead atoms. The average Bonchev–Trinajstić information content (AvgIpc) is 3.30. The van der Waals surface area contributed by atoms with Crippen molar-refractivity contribution in [1.82, 2.24) is 24.8 Å². The molecule has 1 aliphatic carbocycles. The number of hydrogen-bond acceptors (Lipinski definition) is 8. The van der Waals surface area contributed by atoms with Crippen LogP contribution in [-0.4, -0.2) is 89.8 Å². The van der Waals surface area contributed by atoms with E-state index in [0.29, 0.717) is 24.3 Å². The van der Waals surface area contributed by atoms with E-state index < -0.39 is 0 Å². The molecule has 182 valence electrons. The third-order valence-corrected chi connectivity index (χ3v) is 7.41. The van der Waals surface area contributed by atoms with Gasteiger partial charge < -0.3 is 19.9 Å². The second kappa shape index (κ2) is 9.32. The lowest BCUT2D eigenvalue weighted by Gasteiger charge is -2.48. The van der Waals surface area contributed by atoms with Gasteiger partial charge in [-0.1, -0.05) is 0 Å². The minimum atomic E-state index is -0.345. The summed E-state index contributed by atoms with van der Waals surface area (Å²) >= 11 is 0. The highest BCUT2D eigenvalue weighted by molar-refractivity contribution is 5.74. The fourth-order valence-corrected chi connectivity index (χ4v) is 5.68. The molecule has 1 spiro atoms. The highest BCUT2D eigenvalue weighted by atomic mass is 19.1. The first-order chi connectivity index (χ1) is 16.5. The Balaban J connectivity index is 1.21. The summed E-state index contributed by atoms with van der Waals surface area (Å²) in [5, 5.41) is 2.91. The standard InChI is InChI=1S/C24H32FN7O2/c1-3-34-23(33)32-15-24(16-32)5-4-19(11-24)30-6-8-31(9-7-30)20-10-18(25)14-27-21(20)17-12-28-22(26-2)29-13-17/h10,12-14,19H,3-9,11,15-16H2,1-2H3,(H,26,28,29)/t19-/m1/s1. The van der Waals surface area contributed by atoms with Crippen LogP contribution in [0.1, 0.15) is 26.2 Å². The number of aromatic nitrogens is 3. The largest absolute Gasteiger partial charge is 0.450 e. The van der Waals surface area contributed by atoms with Crippen molar-refractivity contribution in [3.05, 3.63) is 30.5 Å². The number of nitrogens with zero attached hydrogens (tertiary/aromatic N) is 6. The maximum absolute atomic E-state index is 14.1. The highest BCUT2D eigenvalue weighted by Crippen LogP contribution is 2.47. The number of nitrogens with one attached hydrogen (secondary N) is 1. The van der Waals surface area contributed by atoms with Gasteiger partial charge in [-0.3, -0.25) is 9.88 Å². The van der Waals surface area contributed by atoms with E-state index in [0.717, 1.165) is 63.4 Å². The van der Waals surface area contributed by atoms with Crippen molar-refractivity contribution in [3.8, 4) is 11.3 Å². The number of carbonyl (C=O) groups excluding carboxylic acids is 1. The number of hydrogen-bond donors (Lipinski definition) is 1. The molecule has 1 amide bonds. The van der Waals surface area contributed by atoms with E-state index in [1.54, 1.807) is 25.5 Å². The number of ether oxygens (including phenoxy) is 1. The number of halogens is 1. The van der Waals surface area contributed by atoms with Gasteiger partial charge in [0, 0.05) is 81.8 Å². The van der Waals surface area contributed by atoms with Crippen molar-refractivity contribution in [2.45, 2.75) is 32.2 Å². The van der Waals surface area contributed by atoms with Crippen molar-refractivity contribution in [2.24, 2.45) is 5.41 Å². The Kier molecular flexibility index (Phi) is 6.24. The molecule has 1 N–H and O–H groups in total. The molecule has 3 aliphatic rings. The molecular formula is C24H32FN7O2. The van der Waals surface area contributed by atoms with Crippen LogP contribution < -0.4 is 10.2 Å². The number of carbonyl (C=O) groups is 1. The van der Waals surface area contributed by atoms with Gasteiger partial charge in [0.1, 0.15) is 5.82 Å². The fraction of sp³-hybridized carbons (Fsp3) is 0.583. The van der Waals surface area contributed by atoms with Crippen molar-refractivity contribution in [2.75, 3.05) is 63.1 Å². The Morgan fingerprint density at radius 2 is 1.91 bits per heavy atom. The van der Waals surface area contributed by atoms with Gasteiger partial charge in [-0.2, -0.15) is 0 Å². The zero-order valence-electron chi connectivity index (χ0n) is 19.8. The van der Waals surface area contributed by atoms with Crippen LogP contribution in [-0.2, 0) is 4.74 Å².